The molecule has 4 heteroatoms. The lowest BCUT2D eigenvalue weighted by atomic mass is 10.0. The van der Waals surface area contributed by atoms with Gasteiger partial charge in [0.1, 0.15) is 0 Å². The van der Waals surface area contributed by atoms with Crippen molar-refractivity contribution in [2.75, 3.05) is 0 Å². The summed E-state index contributed by atoms with van der Waals surface area (Å²) in [6.45, 7) is 3.84. The van der Waals surface area contributed by atoms with E-state index in [0.29, 0.717) is 5.89 Å². The van der Waals surface area contributed by atoms with Crippen molar-refractivity contribution >= 4 is 0 Å². The minimum absolute atomic E-state index is 0.476. The Kier molecular flexibility index (Phi) is 1.72. The van der Waals surface area contributed by atoms with Gasteiger partial charge in [-0.15, -0.1) is 0 Å². The summed E-state index contributed by atoms with van der Waals surface area (Å²) >= 11 is 0. The highest BCUT2D eigenvalue weighted by molar-refractivity contribution is 4.94. The molecule has 0 amide bonds. The molecule has 0 aliphatic rings. The fourth-order valence-electron chi connectivity index (χ4n) is 0.576. The molecular formula is C6H11N3O. The van der Waals surface area contributed by atoms with Gasteiger partial charge in [-0.25, -0.2) is 0 Å². The van der Waals surface area contributed by atoms with Gasteiger partial charge in [0.25, 0.3) is 0 Å². The number of nitrogens with zero attached hydrogens (tertiary/aromatic N) is 2. The van der Waals surface area contributed by atoms with E-state index in [1.54, 1.807) is 0 Å². The van der Waals surface area contributed by atoms with E-state index in [9.17, 15) is 0 Å². The molecule has 1 aromatic heterocycles. The van der Waals surface area contributed by atoms with Crippen molar-refractivity contribution in [3.05, 3.63) is 12.2 Å². The van der Waals surface area contributed by atoms with Crippen molar-refractivity contribution < 1.29 is 4.52 Å². The third-order valence-corrected chi connectivity index (χ3v) is 1.58. The highest BCUT2D eigenvalue weighted by Gasteiger charge is 2.24. The van der Waals surface area contributed by atoms with Crippen molar-refractivity contribution in [2.24, 2.45) is 5.73 Å². The molecule has 1 heterocycles. The van der Waals surface area contributed by atoms with Crippen molar-refractivity contribution in [2.45, 2.75) is 25.8 Å². The Labute approximate surface area is 59.4 Å². The van der Waals surface area contributed by atoms with Gasteiger partial charge in [-0.1, -0.05) is 12.1 Å². The lowest BCUT2D eigenvalue weighted by molar-refractivity contribution is 0.291. The van der Waals surface area contributed by atoms with Crippen LogP contribution in [0.4, 0.5) is 0 Å². The molecule has 2 N–H and O–H groups in total. The maximum Gasteiger partial charge on any atom is 0.246 e. The first-order valence-corrected chi connectivity index (χ1v) is 3.23. The SMILES string of the molecule is CCC(C)(N)c1ncno1. The number of rotatable bonds is 2. The Balaban J connectivity index is 2.85. The van der Waals surface area contributed by atoms with Crippen molar-refractivity contribution in [3.8, 4) is 0 Å². The zero-order chi connectivity index (χ0) is 7.61. The van der Waals surface area contributed by atoms with E-state index in [4.69, 9.17) is 10.3 Å². The standard InChI is InChI=1S/C6H11N3O/c1-3-6(2,7)5-8-4-9-10-5/h4H,3,7H2,1-2H3. The molecule has 56 valence electrons. The Bertz CT molecular complexity index is 193. The molecule has 0 fully saturated rings. The topological polar surface area (TPSA) is 64.9 Å². The molecule has 4 nitrogen and oxygen atoms in total. The minimum atomic E-state index is -0.476. The zero-order valence-electron chi connectivity index (χ0n) is 6.16. The second kappa shape index (κ2) is 2.38. The molecule has 0 aliphatic carbocycles. The smallest absolute Gasteiger partial charge is 0.246 e. The number of nitrogens with two attached hydrogens (primary N) is 1. The van der Waals surface area contributed by atoms with Crippen molar-refractivity contribution in [1.82, 2.24) is 10.1 Å². The maximum absolute atomic E-state index is 5.79. The molecule has 0 aliphatic heterocycles. The molecule has 0 aromatic carbocycles. The van der Waals surface area contributed by atoms with Gasteiger partial charge in [0.2, 0.25) is 5.89 Å². The van der Waals surface area contributed by atoms with Crippen LogP contribution in [0.2, 0.25) is 0 Å². The summed E-state index contributed by atoms with van der Waals surface area (Å²) in [7, 11) is 0. The summed E-state index contributed by atoms with van der Waals surface area (Å²) in [5.74, 6) is 0.495. The molecule has 1 aromatic rings. The Hall–Kier alpha value is -0.900. The van der Waals surface area contributed by atoms with Gasteiger partial charge in [0, 0.05) is 0 Å². The van der Waals surface area contributed by atoms with Crippen LogP contribution in [-0.2, 0) is 5.54 Å². The first-order valence-electron chi connectivity index (χ1n) is 3.23. The number of hydrogen-bond donors (Lipinski definition) is 1. The first kappa shape index (κ1) is 7.21. The Morgan fingerprint density at radius 1 is 1.80 bits per heavy atom. The van der Waals surface area contributed by atoms with E-state index in [2.05, 4.69) is 10.1 Å². The fraction of sp³-hybridized carbons (Fsp3) is 0.667. The van der Waals surface area contributed by atoms with Gasteiger partial charge < -0.3 is 10.3 Å². The van der Waals surface area contributed by atoms with Crippen LogP contribution >= 0.6 is 0 Å². The number of hydrogen-bond acceptors (Lipinski definition) is 4. The van der Waals surface area contributed by atoms with E-state index in [1.807, 2.05) is 13.8 Å². The third-order valence-electron chi connectivity index (χ3n) is 1.58. The van der Waals surface area contributed by atoms with Gasteiger partial charge in [-0.3, -0.25) is 0 Å². The molecular weight excluding hydrogens is 130 g/mol. The third kappa shape index (κ3) is 1.16. The molecule has 1 atom stereocenters. The molecule has 1 unspecified atom stereocenters. The second-order valence-corrected chi connectivity index (χ2v) is 2.52. The van der Waals surface area contributed by atoms with E-state index < -0.39 is 5.54 Å². The molecule has 0 saturated carbocycles. The predicted octanol–water partition coefficient (Wildman–Crippen LogP) is 0.654. The lowest BCUT2D eigenvalue weighted by Crippen LogP contribution is -2.32. The van der Waals surface area contributed by atoms with Crippen LogP contribution in [0.5, 0.6) is 0 Å². The zero-order valence-corrected chi connectivity index (χ0v) is 6.16. The van der Waals surface area contributed by atoms with Gasteiger partial charge in [-0.05, 0) is 13.3 Å². The van der Waals surface area contributed by atoms with Crippen LogP contribution in [0.25, 0.3) is 0 Å². The Morgan fingerprint density at radius 2 is 2.50 bits per heavy atom. The van der Waals surface area contributed by atoms with Gasteiger partial charge in [0.15, 0.2) is 6.33 Å². The monoisotopic (exact) mass is 141 g/mol. The van der Waals surface area contributed by atoms with Gasteiger partial charge >= 0.3 is 0 Å². The van der Waals surface area contributed by atoms with Crippen LogP contribution < -0.4 is 5.73 Å². The molecule has 0 saturated heterocycles. The molecule has 0 spiro atoms. The predicted molar refractivity (Wildman–Crippen MR) is 36.1 cm³/mol. The normalized spacial score (nSPS) is 16.7. The fourth-order valence-corrected chi connectivity index (χ4v) is 0.576. The van der Waals surface area contributed by atoms with E-state index in [1.165, 1.54) is 6.33 Å². The van der Waals surface area contributed by atoms with E-state index in [0.717, 1.165) is 6.42 Å². The minimum Gasteiger partial charge on any atom is -0.338 e. The second-order valence-electron chi connectivity index (χ2n) is 2.52. The first-order chi connectivity index (χ1) is 4.67. The van der Waals surface area contributed by atoms with Crippen LogP contribution in [0.1, 0.15) is 26.2 Å². The van der Waals surface area contributed by atoms with Gasteiger partial charge in [-0.2, -0.15) is 4.98 Å². The summed E-state index contributed by atoms with van der Waals surface area (Å²) in [5.41, 5.74) is 5.31. The van der Waals surface area contributed by atoms with Crippen LogP contribution in [0.15, 0.2) is 10.9 Å². The van der Waals surface area contributed by atoms with Crippen LogP contribution in [-0.4, -0.2) is 10.1 Å². The molecule has 1 rings (SSSR count). The van der Waals surface area contributed by atoms with E-state index in [-0.39, 0.29) is 0 Å². The van der Waals surface area contributed by atoms with Crippen LogP contribution in [0.3, 0.4) is 0 Å². The largest absolute Gasteiger partial charge is 0.338 e. The Morgan fingerprint density at radius 3 is 2.90 bits per heavy atom. The summed E-state index contributed by atoms with van der Waals surface area (Å²) in [5, 5.41) is 3.47. The average Bonchev–Trinajstić information content (AvgIpc) is 2.38. The molecule has 10 heavy (non-hydrogen) atoms. The highest BCUT2D eigenvalue weighted by atomic mass is 16.5. The molecule has 0 bridgehead atoms. The lowest BCUT2D eigenvalue weighted by Gasteiger charge is -2.15. The maximum atomic E-state index is 5.79. The highest BCUT2D eigenvalue weighted by Crippen LogP contribution is 2.17. The molecule has 0 radical (unpaired) electrons. The number of aromatic nitrogens is 2. The van der Waals surface area contributed by atoms with Crippen LogP contribution in [0, 0.1) is 0 Å². The summed E-state index contributed by atoms with van der Waals surface area (Å²) < 4.78 is 4.80. The van der Waals surface area contributed by atoms with Crippen molar-refractivity contribution in [3.63, 3.8) is 0 Å². The summed E-state index contributed by atoms with van der Waals surface area (Å²) in [4.78, 5) is 3.86. The summed E-state index contributed by atoms with van der Waals surface area (Å²) in [6, 6.07) is 0. The van der Waals surface area contributed by atoms with E-state index >= 15 is 0 Å². The van der Waals surface area contributed by atoms with Crippen molar-refractivity contribution in [1.29, 1.82) is 0 Å². The quantitative estimate of drug-likeness (QED) is 0.656. The summed E-state index contributed by atoms with van der Waals surface area (Å²) in [6.07, 6.45) is 2.14. The van der Waals surface area contributed by atoms with Gasteiger partial charge in [0.05, 0.1) is 5.54 Å². The average molecular weight is 141 g/mol.